The molecule has 0 bridgehead atoms. The molecule has 0 atom stereocenters. The number of carbonyl (C=O) groups excluding carboxylic acids is 1. The molecule has 0 spiro atoms. The lowest BCUT2D eigenvalue weighted by molar-refractivity contribution is -0.0546. The molecule has 2 fully saturated rings. The molecule has 3 nitrogen and oxygen atoms in total. The number of hydrogen-bond donors (Lipinski definition) is 0. The summed E-state index contributed by atoms with van der Waals surface area (Å²) in [5.41, 5.74) is -0.340. The van der Waals surface area contributed by atoms with E-state index in [2.05, 4.69) is 11.7 Å². The molecule has 168 valence electrons. The van der Waals surface area contributed by atoms with Crippen LogP contribution in [0.15, 0.2) is 12.1 Å². The Kier molecular flexibility index (Phi) is 8.19. The van der Waals surface area contributed by atoms with E-state index in [1.54, 1.807) is 0 Å². The second-order valence-corrected chi connectivity index (χ2v) is 12.1. The van der Waals surface area contributed by atoms with Gasteiger partial charge < -0.3 is 9.47 Å². The number of rotatable bonds is 7. The van der Waals surface area contributed by atoms with Crippen LogP contribution in [0.3, 0.4) is 0 Å². The summed E-state index contributed by atoms with van der Waals surface area (Å²) >= 11 is 0. The van der Waals surface area contributed by atoms with E-state index in [0.29, 0.717) is 18.1 Å². The minimum Gasteiger partial charge on any atom is -0.459 e. The van der Waals surface area contributed by atoms with Gasteiger partial charge in [-0.2, -0.15) is 8.78 Å². The molecule has 2 aliphatic rings. The molecule has 0 aromatic heterocycles. The van der Waals surface area contributed by atoms with Gasteiger partial charge in [-0.15, -0.1) is 0 Å². The quantitative estimate of drug-likeness (QED) is 0.279. The van der Waals surface area contributed by atoms with Crippen LogP contribution < -0.4 is 4.74 Å². The molecule has 0 radical (unpaired) electrons. The first-order valence-corrected chi connectivity index (χ1v) is 13.5. The first-order chi connectivity index (χ1) is 14.4. The number of alkyl halides is 2. The third-order valence-electron chi connectivity index (χ3n) is 6.69. The van der Waals surface area contributed by atoms with Crippen molar-refractivity contribution in [2.24, 2.45) is 11.8 Å². The smallest absolute Gasteiger partial charge is 0.387 e. The van der Waals surface area contributed by atoms with Crippen LogP contribution in [0.5, 0.6) is 5.75 Å². The molecular formula is C22H30F4O3Si. The average molecular weight is 447 g/mol. The molecule has 0 N–H and O–H groups in total. The van der Waals surface area contributed by atoms with Crippen molar-refractivity contribution < 1.29 is 31.8 Å². The fourth-order valence-corrected chi connectivity index (χ4v) is 8.61. The van der Waals surface area contributed by atoms with Crippen molar-refractivity contribution in [3.8, 4) is 5.75 Å². The van der Waals surface area contributed by atoms with E-state index in [1.807, 2.05) is 0 Å². The van der Waals surface area contributed by atoms with Crippen molar-refractivity contribution in [1.82, 2.24) is 0 Å². The zero-order valence-corrected chi connectivity index (χ0v) is 18.5. The van der Waals surface area contributed by atoms with Crippen LogP contribution in [0.1, 0.15) is 62.2 Å². The highest BCUT2D eigenvalue weighted by atomic mass is 28.3. The van der Waals surface area contributed by atoms with Gasteiger partial charge in [0.05, 0.1) is 5.56 Å². The van der Waals surface area contributed by atoms with Crippen molar-refractivity contribution in [1.29, 1.82) is 0 Å². The van der Waals surface area contributed by atoms with Crippen molar-refractivity contribution in [3.05, 3.63) is 29.3 Å². The number of carbonyl (C=O) groups is 1. The topological polar surface area (TPSA) is 35.5 Å². The third kappa shape index (κ3) is 5.99. The van der Waals surface area contributed by atoms with Crippen LogP contribution in [-0.2, 0) is 4.74 Å². The molecule has 1 heterocycles. The molecular weight excluding hydrogens is 416 g/mol. The molecule has 1 saturated carbocycles. The first kappa shape index (κ1) is 23.1. The Hall–Kier alpha value is -1.57. The lowest BCUT2D eigenvalue weighted by atomic mass is 9.76. The van der Waals surface area contributed by atoms with Gasteiger partial charge in [0.2, 0.25) is 0 Å². The summed E-state index contributed by atoms with van der Waals surface area (Å²) in [5, 5.41) is 0. The van der Waals surface area contributed by atoms with E-state index in [0.717, 1.165) is 31.6 Å². The molecule has 0 amide bonds. The third-order valence-corrected chi connectivity index (χ3v) is 10.4. The maximum Gasteiger partial charge on any atom is 0.387 e. The van der Waals surface area contributed by atoms with E-state index in [4.69, 9.17) is 4.74 Å². The van der Waals surface area contributed by atoms with Gasteiger partial charge in [-0.05, 0) is 49.7 Å². The number of ether oxygens (including phenoxy) is 2. The van der Waals surface area contributed by atoms with Crippen molar-refractivity contribution >= 4 is 14.8 Å². The largest absolute Gasteiger partial charge is 0.459 e. The molecule has 1 aliphatic carbocycles. The average Bonchev–Trinajstić information content (AvgIpc) is 2.72. The van der Waals surface area contributed by atoms with E-state index in [-0.39, 0.29) is 11.7 Å². The summed E-state index contributed by atoms with van der Waals surface area (Å²) in [6, 6.07) is 5.72. The van der Waals surface area contributed by atoms with E-state index in [9.17, 15) is 22.4 Å². The summed E-state index contributed by atoms with van der Waals surface area (Å²) in [6.07, 6.45) is 7.24. The van der Waals surface area contributed by atoms with Gasteiger partial charge in [0.1, 0.15) is 6.10 Å². The number of halogens is 4. The summed E-state index contributed by atoms with van der Waals surface area (Å²) < 4.78 is 61.4. The highest BCUT2D eigenvalue weighted by Crippen LogP contribution is 2.40. The molecule has 3 rings (SSSR count). The van der Waals surface area contributed by atoms with Crippen molar-refractivity contribution in [3.63, 3.8) is 0 Å². The second-order valence-electron chi connectivity index (χ2n) is 8.66. The molecule has 8 heteroatoms. The summed E-state index contributed by atoms with van der Waals surface area (Å²) in [7, 11) is -0.487. The molecule has 1 saturated heterocycles. The predicted octanol–water partition coefficient (Wildman–Crippen LogP) is 6.33. The minimum atomic E-state index is -3.36. The lowest BCUT2D eigenvalue weighted by Gasteiger charge is -2.37. The Morgan fingerprint density at radius 3 is 2.13 bits per heavy atom. The van der Waals surface area contributed by atoms with Gasteiger partial charge >= 0.3 is 12.6 Å². The van der Waals surface area contributed by atoms with E-state index < -0.39 is 38.8 Å². The monoisotopic (exact) mass is 446 g/mol. The normalized spacial score (nSPS) is 27.1. The summed E-state index contributed by atoms with van der Waals surface area (Å²) in [5.74, 6) is -3.28. The van der Waals surface area contributed by atoms with Crippen LogP contribution in [0.25, 0.3) is 0 Å². The SMILES string of the molecule is CCC[SiH]1CCC([C@H]2CC[C@H](OC(=O)c3cc(F)c(OC(F)F)c(F)c3)CC2)CC1. The van der Waals surface area contributed by atoms with E-state index in [1.165, 1.54) is 37.4 Å². The molecule has 1 aromatic rings. The van der Waals surface area contributed by atoms with Crippen LogP contribution in [0, 0.1) is 23.5 Å². The maximum atomic E-state index is 13.8. The number of esters is 1. The lowest BCUT2D eigenvalue weighted by Crippen LogP contribution is -2.31. The predicted molar refractivity (Wildman–Crippen MR) is 109 cm³/mol. The van der Waals surface area contributed by atoms with Gasteiger partial charge in [0.15, 0.2) is 17.4 Å². The number of benzene rings is 1. The van der Waals surface area contributed by atoms with Crippen LogP contribution in [0.4, 0.5) is 17.6 Å². The zero-order chi connectivity index (χ0) is 21.7. The maximum absolute atomic E-state index is 13.8. The molecule has 1 aromatic carbocycles. The van der Waals surface area contributed by atoms with Crippen molar-refractivity contribution in [2.45, 2.75) is 82.7 Å². The first-order valence-electron chi connectivity index (χ1n) is 11.0. The zero-order valence-electron chi connectivity index (χ0n) is 17.3. The van der Waals surface area contributed by atoms with Crippen LogP contribution >= 0.6 is 0 Å². The fraction of sp³-hybridized carbons (Fsp3) is 0.682. The minimum absolute atomic E-state index is 0.275. The van der Waals surface area contributed by atoms with Crippen molar-refractivity contribution in [2.75, 3.05) is 0 Å². The highest BCUT2D eigenvalue weighted by Gasteiger charge is 2.32. The van der Waals surface area contributed by atoms with Crippen LogP contribution in [0.2, 0.25) is 18.1 Å². The van der Waals surface area contributed by atoms with E-state index >= 15 is 0 Å². The van der Waals surface area contributed by atoms with Gasteiger partial charge in [0.25, 0.3) is 0 Å². The van der Waals surface area contributed by atoms with Gasteiger partial charge in [-0.1, -0.05) is 44.3 Å². The second kappa shape index (κ2) is 10.6. The Bertz CT molecular complexity index is 691. The Morgan fingerprint density at radius 2 is 1.60 bits per heavy atom. The highest BCUT2D eigenvalue weighted by molar-refractivity contribution is 6.58. The standard InChI is InChI=1S/C22H30F4O3Si/c1-2-9-30-10-7-15(8-11-30)14-3-5-17(6-4-14)28-21(27)16-12-18(23)20(19(24)13-16)29-22(25)26/h12-15,17,22,30H,2-11H2,1H3/t14-,15?,17-,30?. The van der Waals surface area contributed by atoms with Crippen LogP contribution in [-0.4, -0.2) is 27.5 Å². The summed E-state index contributed by atoms with van der Waals surface area (Å²) in [4.78, 5) is 12.3. The Morgan fingerprint density at radius 1 is 1.03 bits per heavy atom. The molecule has 1 aliphatic heterocycles. The number of hydrogen-bond acceptors (Lipinski definition) is 3. The Labute approximate surface area is 176 Å². The molecule has 0 unspecified atom stereocenters. The molecule has 30 heavy (non-hydrogen) atoms. The van der Waals surface area contributed by atoms with Gasteiger partial charge in [0, 0.05) is 8.80 Å². The summed E-state index contributed by atoms with van der Waals surface area (Å²) in [6.45, 7) is -1.08. The Balaban J connectivity index is 1.49. The van der Waals surface area contributed by atoms with Gasteiger partial charge in [-0.25, -0.2) is 13.6 Å². The fourth-order valence-electron chi connectivity index (χ4n) is 5.13. The van der Waals surface area contributed by atoms with Gasteiger partial charge in [-0.3, -0.25) is 0 Å².